The van der Waals surface area contributed by atoms with Gasteiger partial charge in [-0.05, 0) is 31.6 Å². The number of carbonyl (C=O) groups is 3. The molecule has 9 atom stereocenters. The van der Waals surface area contributed by atoms with Crippen molar-refractivity contribution in [1.29, 1.82) is 0 Å². The van der Waals surface area contributed by atoms with Crippen LogP contribution in [0.3, 0.4) is 0 Å². The number of hydrogen-bond acceptors (Lipinski definition) is 15. The van der Waals surface area contributed by atoms with Gasteiger partial charge in [-0.1, -0.05) is 64.1 Å². The Kier molecular flexibility index (Phi) is 15.8. The molecule has 0 aliphatic carbocycles. The molecular formula is C50H61F3N4O12. The average molecular weight is 967 g/mol. The Morgan fingerprint density at radius 1 is 0.957 bits per heavy atom. The third kappa shape index (κ3) is 10.9. The fraction of sp³-hybridized carbons (Fsp3) is 0.480. The lowest BCUT2D eigenvalue weighted by molar-refractivity contribution is -0.160. The lowest BCUT2D eigenvalue weighted by Gasteiger charge is -2.38. The van der Waals surface area contributed by atoms with Crippen molar-refractivity contribution in [3.8, 4) is 23.0 Å². The molecule has 5 bridgehead atoms. The highest BCUT2D eigenvalue weighted by atomic mass is 19.4. The van der Waals surface area contributed by atoms with Crippen molar-refractivity contribution in [2.75, 3.05) is 38.6 Å². The van der Waals surface area contributed by atoms with Crippen LogP contribution in [-0.2, 0) is 36.5 Å². The van der Waals surface area contributed by atoms with Crippen LogP contribution in [0.2, 0.25) is 0 Å². The molecule has 0 saturated carbocycles. The Bertz CT molecular complexity index is 2570. The monoisotopic (exact) mass is 966 g/mol. The fourth-order valence-electron chi connectivity index (χ4n) is 9.13. The van der Waals surface area contributed by atoms with Gasteiger partial charge < -0.3 is 49.8 Å². The summed E-state index contributed by atoms with van der Waals surface area (Å²) in [6, 6.07) is 5.11. The Labute approximate surface area is 398 Å². The molecule has 7 rings (SSSR count). The van der Waals surface area contributed by atoms with Gasteiger partial charge in [0.2, 0.25) is 0 Å². The van der Waals surface area contributed by atoms with Crippen LogP contribution < -0.4 is 10.1 Å². The number of amides is 1. The molecule has 69 heavy (non-hydrogen) atoms. The summed E-state index contributed by atoms with van der Waals surface area (Å²) < 4.78 is 63.8. The number of ether oxygens (including phenoxy) is 4. The number of nitrogens with zero attached hydrogens (tertiary/aromatic N) is 3. The van der Waals surface area contributed by atoms with Crippen molar-refractivity contribution in [2.45, 2.75) is 98.3 Å². The van der Waals surface area contributed by atoms with E-state index in [0.717, 1.165) is 18.4 Å². The van der Waals surface area contributed by atoms with Gasteiger partial charge in [-0.15, -0.1) is 0 Å². The number of anilines is 1. The van der Waals surface area contributed by atoms with Crippen molar-refractivity contribution >= 4 is 40.3 Å². The first kappa shape index (κ1) is 52.2. The first-order chi connectivity index (χ1) is 32.4. The van der Waals surface area contributed by atoms with Crippen LogP contribution in [0.25, 0.3) is 10.8 Å². The minimum Gasteiger partial charge on any atom is -0.507 e. The third-order valence-corrected chi connectivity index (χ3v) is 13.4. The van der Waals surface area contributed by atoms with E-state index in [2.05, 4.69) is 10.4 Å². The zero-order valence-corrected chi connectivity index (χ0v) is 40.0. The van der Waals surface area contributed by atoms with E-state index in [1.807, 2.05) is 4.90 Å². The van der Waals surface area contributed by atoms with E-state index in [0.29, 0.717) is 31.7 Å². The molecule has 4 aliphatic heterocycles. The summed E-state index contributed by atoms with van der Waals surface area (Å²) in [5.74, 6) is -9.08. The Hall–Kier alpha value is -6.15. The number of ketones is 1. The second-order valence-corrected chi connectivity index (χ2v) is 18.3. The number of carbonyl (C=O) groups excluding carboxylic acids is 3. The summed E-state index contributed by atoms with van der Waals surface area (Å²) in [6.07, 6.45) is -0.100. The number of piperazine rings is 1. The second-order valence-electron chi connectivity index (χ2n) is 18.3. The molecule has 9 unspecified atom stereocenters. The molecule has 19 heteroatoms. The van der Waals surface area contributed by atoms with E-state index in [-0.39, 0.29) is 51.0 Å². The molecule has 1 saturated heterocycles. The lowest BCUT2D eigenvalue weighted by atomic mass is 9.78. The van der Waals surface area contributed by atoms with Crippen LogP contribution in [0.5, 0.6) is 23.0 Å². The first-order valence-corrected chi connectivity index (χ1v) is 22.6. The number of nitrogens with one attached hydrogen (secondary N) is 1. The summed E-state index contributed by atoms with van der Waals surface area (Å²) in [5.41, 5.74) is -1.02. The predicted molar refractivity (Wildman–Crippen MR) is 250 cm³/mol. The van der Waals surface area contributed by atoms with E-state index in [9.17, 15) is 53.1 Å². The molecule has 1 fully saturated rings. The van der Waals surface area contributed by atoms with Gasteiger partial charge in [-0.25, -0.2) is 0 Å². The SMILES string of the molecule is COC1/C=C/OC2(C)Oc3c(C)c(O)c4c(O)c(c(/C=N\N5CCN(Cc6cccc(C(F)(F)F)c6)CC5)c(O)c4c3C2=O)NC(=O)/C(C)=C/C=C/C(C)C(O)C(C)C(O)C(C)C(OC(C)=O)C1C. The smallest absolute Gasteiger partial charge is 0.416 e. The van der Waals surface area contributed by atoms with Crippen LogP contribution in [0.4, 0.5) is 18.9 Å². The maximum absolute atomic E-state index is 14.6. The molecule has 0 radical (unpaired) electrons. The fourth-order valence-corrected chi connectivity index (χ4v) is 9.13. The molecule has 0 aromatic heterocycles. The molecule has 3 aromatic carbocycles. The van der Waals surface area contributed by atoms with Gasteiger partial charge in [0.25, 0.3) is 11.7 Å². The number of phenols is 3. The van der Waals surface area contributed by atoms with Gasteiger partial charge in [-0.2, -0.15) is 18.3 Å². The highest BCUT2D eigenvalue weighted by Crippen LogP contribution is 2.55. The number of aromatic hydroxyl groups is 3. The van der Waals surface area contributed by atoms with Gasteiger partial charge in [0.05, 0.1) is 58.6 Å². The molecule has 1 amide bonds. The highest BCUT2D eigenvalue weighted by molar-refractivity contribution is 6.23. The van der Waals surface area contributed by atoms with E-state index >= 15 is 0 Å². The molecule has 16 nitrogen and oxygen atoms in total. The maximum Gasteiger partial charge on any atom is 0.416 e. The molecule has 3 aromatic rings. The van der Waals surface area contributed by atoms with Crippen LogP contribution in [0.1, 0.15) is 81.1 Å². The molecule has 6 N–H and O–H groups in total. The van der Waals surface area contributed by atoms with Gasteiger partial charge in [-0.3, -0.25) is 24.3 Å². The van der Waals surface area contributed by atoms with E-state index in [1.54, 1.807) is 50.9 Å². The van der Waals surface area contributed by atoms with E-state index in [4.69, 9.17) is 18.9 Å². The zero-order chi connectivity index (χ0) is 50.9. The molecule has 4 heterocycles. The van der Waals surface area contributed by atoms with Crippen LogP contribution >= 0.6 is 0 Å². The van der Waals surface area contributed by atoms with Crippen LogP contribution in [-0.4, -0.2) is 123 Å². The van der Waals surface area contributed by atoms with Gasteiger partial charge in [0, 0.05) is 93.9 Å². The Morgan fingerprint density at radius 2 is 1.64 bits per heavy atom. The second kappa shape index (κ2) is 20.8. The average Bonchev–Trinajstić information content (AvgIpc) is 3.57. The molecule has 4 aliphatic rings. The van der Waals surface area contributed by atoms with Crippen molar-refractivity contribution in [1.82, 2.24) is 9.91 Å². The number of allylic oxidation sites excluding steroid dienone is 2. The number of hydrazone groups is 1. The first-order valence-electron chi connectivity index (χ1n) is 22.6. The number of phenolic OH excluding ortho intramolecular Hbond substituents is 3. The largest absolute Gasteiger partial charge is 0.507 e. The number of alkyl halides is 3. The van der Waals surface area contributed by atoms with Crippen molar-refractivity contribution in [3.05, 3.63) is 88.2 Å². The van der Waals surface area contributed by atoms with Crippen molar-refractivity contribution in [2.24, 2.45) is 28.8 Å². The maximum atomic E-state index is 14.6. The standard InChI is InChI=1S/C50H61F3N4O12/c1-25-12-10-13-26(2)48(65)55-39-34(23-54-57-19-17-56(18-20-57)24-32-14-11-15-33(22-32)50(51,52)53)43(62)36-37(44(39)63)42(61)30(6)46-38(36)47(64)49(8,69-46)67-21-16-35(66-9)27(3)45(68-31(7)58)29(5)41(60)28(4)40(25)59/h10-16,21-23,25,27-29,35,40-41,45,59-63H,17-20,24H2,1-9H3,(H,55,65)/b12-10+,21-16+,26-13+,54-23-. The number of esters is 1. The van der Waals surface area contributed by atoms with Gasteiger partial charge in [0.15, 0.2) is 5.75 Å². The minimum atomic E-state index is -4.48. The summed E-state index contributed by atoms with van der Waals surface area (Å²) in [6.45, 7) is 13.9. The van der Waals surface area contributed by atoms with Gasteiger partial charge in [0.1, 0.15) is 23.4 Å². The van der Waals surface area contributed by atoms with Crippen molar-refractivity contribution < 1.29 is 72.0 Å². The topological polar surface area (TPSA) is 220 Å². The third-order valence-electron chi connectivity index (χ3n) is 13.4. The quantitative estimate of drug-likeness (QED) is 0.0639. The number of hydrogen-bond donors (Lipinski definition) is 6. The van der Waals surface area contributed by atoms with Crippen molar-refractivity contribution in [3.63, 3.8) is 0 Å². The number of methoxy groups -OCH3 is 1. The van der Waals surface area contributed by atoms with Gasteiger partial charge >= 0.3 is 17.9 Å². The Balaban J connectivity index is 1.43. The van der Waals surface area contributed by atoms with Crippen LogP contribution in [0.15, 0.2) is 65.5 Å². The number of rotatable bonds is 6. The molecule has 0 spiro atoms. The summed E-state index contributed by atoms with van der Waals surface area (Å²) >= 11 is 0. The van der Waals surface area contributed by atoms with E-state index < -0.39 is 101 Å². The number of halogens is 3. The highest BCUT2D eigenvalue weighted by Gasteiger charge is 2.50. The molecular weight excluding hydrogens is 906 g/mol. The number of aliphatic hydroxyl groups excluding tert-OH is 2. The summed E-state index contributed by atoms with van der Waals surface area (Å²) in [7, 11) is 1.41. The molecule has 374 valence electrons. The number of fused-ring (bicyclic) bond motifs is 14. The normalized spacial score (nSPS) is 29.4. The Morgan fingerprint density at radius 3 is 2.28 bits per heavy atom. The minimum absolute atomic E-state index is 0.00372. The lowest BCUT2D eigenvalue weighted by Crippen LogP contribution is -2.46. The van der Waals surface area contributed by atoms with E-state index in [1.165, 1.54) is 59.2 Å². The number of aliphatic hydroxyl groups is 2. The number of benzene rings is 3. The number of Topliss-reactive ketones (excluding diaryl/α,β-unsaturated/α-hetero) is 1. The van der Waals surface area contributed by atoms with Crippen LogP contribution in [0, 0.1) is 30.6 Å². The summed E-state index contributed by atoms with van der Waals surface area (Å²) in [5, 5.41) is 67.0. The zero-order valence-electron chi connectivity index (χ0n) is 40.0. The predicted octanol–water partition coefficient (Wildman–Crippen LogP) is 6.92. The summed E-state index contributed by atoms with van der Waals surface area (Å²) in [4.78, 5) is 42.8.